The minimum atomic E-state index is 0.755. The van der Waals surface area contributed by atoms with E-state index < -0.39 is 0 Å². The molecule has 1 aromatic carbocycles. The molecule has 0 amide bonds. The average molecular weight is 349 g/mol. The van der Waals surface area contributed by atoms with E-state index in [4.69, 9.17) is 4.98 Å². The third-order valence-corrected chi connectivity index (χ3v) is 5.18. The summed E-state index contributed by atoms with van der Waals surface area (Å²) in [6.07, 6.45) is 5.88. The van der Waals surface area contributed by atoms with Crippen molar-refractivity contribution in [3.63, 3.8) is 0 Å². The van der Waals surface area contributed by atoms with E-state index in [1.54, 1.807) is 18.1 Å². The number of thioether (sulfide) groups is 1. The highest BCUT2D eigenvalue weighted by molar-refractivity contribution is 7.98. The van der Waals surface area contributed by atoms with Gasteiger partial charge in [-0.1, -0.05) is 35.5 Å². The lowest BCUT2D eigenvalue weighted by Crippen LogP contribution is -1.98. The van der Waals surface area contributed by atoms with Gasteiger partial charge in [-0.15, -0.1) is 10.2 Å². The maximum Gasteiger partial charge on any atom is 0.196 e. The van der Waals surface area contributed by atoms with Crippen LogP contribution in [0.2, 0.25) is 0 Å². The molecule has 0 aliphatic rings. The quantitative estimate of drug-likeness (QED) is 0.520. The van der Waals surface area contributed by atoms with Gasteiger partial charge < -0.3 is 4.40 Å². The number of fused-ring (bicyclic) bond motifs is 1. The van der Waals surface area contributed by atoms with Gasteiger partial charge in [-0.05, 0) is 44.0 Å². The number of aryl methyl sites for hydroxylation is 3. The van der Waals surface area contributed by atoms with Gasteiger partial charge in [-0.25, -0.2) is 4.98 Å². The lowest BCUT2D eigenvalue weighted by molar-refractivity contribution is 0.877. The maximum atomic E-state index is 4.73. The van der Waals surface area contributed by atoms with Gasteiger partial charge in [0, 0.05) is 18.1 Å². The van der Waals surface area contributed by atoms with Crippen LogP contribution >= 0.6 is 11.8 Å². The molecule has 0 N–H and O–H groups in total. The number of imidazole rings is 1. The molecule has 0 aliphatic heterocycles. The van der Waals surface area contributed by atoms with E-state index in [1.165, 1.54) is 16.7 Å². The lowest BCUT2D eigenvalue weighted by atomic mass is 10.1. The second-order valence-corrected chi connectivity index (χ2v) is 7.16. The van der Waals surface area contributed by atoms with Crippen molar-refractivity contribution in [3.05, 3.63) is 71.4 Å². The highest BCUT2D eigenvalue weighted by atomic mass is 32.2. The number of hydrogen-bond donors (Lipinski definition) is 0. The van der Waals surface area contributed by atoms with E-state index in [0.29, 0.717) is 0 Å². The Bertz CT molecular complexity index is 1050. The Morgan fingerprint density at radius 3 is 2.76 bits per heavy atom. The molecule has 126 valence electrons. The first-order valence-electron chi connectivity index (χ1n) is 8.15. The van der Waals surface area contributed by atoms with Crippen LogP contribution in [0.1, 0.15) is 22.4 Å². The van der Waals surface area contributed by atoms with Crippen molar-refractivity contribution in [2.24, 2.45) is 0 Å². The zero-order valence-electron chi connectivity index (χ0n) is 14.5. The molecule has 0 unspecified atom stereocenters. The minimum Gasteiger partial charge on any atom is -0.307 e. The Morgan fingerprint density at radius 1 is 1.08 bits per heavy atom. The van der Waals surface area contributed by atoms with Gasteiger partial charge in [-0.2, -0.15) is 0 Å². The Hall–Kier alpha value is -2.60. The van der Waals surface area contributed by atoms with E-state index >= 15 is 0 Å². The number of aromatic nitrogens is 5. The number of nitrogens with zero attached hydrogens (tertiary/aromatic N) is 5. The zero-order chi connectivity index (χ0) is 17.4. The normalized spacial score (nSPS) is 11.3. The van der Waals surface area contributed by atoms with Crippen LogP contribution in [0.4, 0.5) is 0 Å². The predicted molar refractivity (Wildman–Crippen MR) is 100 cm³/mol. The van der Waals surface area contributed by atoms with Gasteiger partial charge >= 0.3 is 0 Å². The predicted octanol–water partition coefficient (Wildman–Crippen LogP) is 4.13. The van der Waals surface area contributed by atoms with Crippen LogP contribution in [-0.2, 0) is 5.75 Å². The van der Waals surface area contributed by atoms with Crippen molar-refractivity contribution in [3.8, 4) is 5.69 Å². The molecule has 0 aliphatic carbocycles. The molecular weight excluding hydrogens is 330 g/mol. The van der Waals surface area contributed by atoms with Gasteiger partial charge in [0.05, 0.1) is 11.4 Å². The summed E-state index contributed by atoms with van der Waals surface area (Å²) in [5.41, 5.74) is 6.80. The Morgan fingerprint density at radius 2 is 1.96 bits per heavy atom. The van der Waals surface area contributed by atoms with Gasteiger partial charge in [0.1, 0.15) is 12.0 Å². The summed E-state index contributed by atoms with van der Waals surface area (Å²) < 4.78 is 4.11. The van der Waals surface area contributed by atoms with E-state index in [9.17, 15) is 0 Å². The fourth-order valence-electron chi connectivity index (χ4n) is 2.98. The summed E-state index contributed by atoms with van der Waals surface area (Å²) in [5, 5.41) is 9.26. The first kappa shape index (κ1) is 15.9. The molecule has 3 aromatic heterocycles. The molecule has 0 fully saturated rings. The van der Waals surface area contributed by atoms with Gasteiger partial charge in [0.2, 0.25) is 0 Å². The molecule has 25 heavy (non-hydrogen) atoms. The zero-order valence-corrected chi connectivity index (χ0v) is 15.3. The third kappa shape index (κ3) is 3.05. The first-order valence-corrected chi connectivity index (χ1v) is 9.14. The molecule has 4 aromatic rings. The van der Waals surface area contributed by atoms with Gasteiger partial charge in [-0.3, -0.25) is 4.57 Å². The van der Waals surface area contributed by atoms with Crippen LogP contribution in [0, 0.1) is 20.8 Å². The molecule has 0 saturated carbocycles. The molecule has 3 heterocycles. The SMILES string of the molecule is Cc1ccc(-n2cnnc2SCc2cn3cccc(C)c3n2)c(C)c1. The maximum absolute atomic E-state index is 4.73. The summed E-state index contributed by atoms with van der Waals surface area (Å²) in [6.45, 7) is 6.29. The van der Waals surface area contributed by atoms with E-state index in [-0.39, 0.29) is 0 Å². The summed E-state index contributed by atoms with van der Waals surface area (Å²) in [6, 6.07) is 10.5. The average Bonchev–Trinajstić information content (AvgIpc) is 3.20. The van der Waals surface area contributed by atoms with Crippen LogP contribution in [0.15, 0.2) is 54.2 Å². The number of hydrogen-bond acceptors (Lipinski definition) is 4. The monoisotopic (exact) mass is 349 g/mol. The van der Waals surface area contributed by atoms with Crippen molar-refractivity contribution in [2.75, 3.05) is 0 Å². The number of pyridine rings is 1. The Balaban J connectivity index is 1.59. The Kier molecular flexibility index (Phi) is 4.05. The smallest absolute Gasteiger partial charge is 0.196 e. The third-order valence-electron chi connectivity index (χ3n) is 4.21. The largest absolute Gasteiger partial charge is 0.307 e. The standard InChI is InChI=1S/C19H19N5S/c1-13-6-7-17(15(3)9-13)24-12-20-22-19(24)25-11-16-10-23-8-4-5-14(2)18(23)21-16/h4-10,12H,11H2,1-3H3. The summed E-state index contributed by atoms with van der Waals surface area (Å²) in [7, 11) is 0. The van der Waals surface area contributed by atoms with Gasteiger partial charge in [0.25, 0.3) is 0 Å². The minimum absolute atomic E-state index is 0.755. The molecule has 4 rings (SSSR count). The van der Waals surface area contributed by atoms with Crippen molar-refractivity contribution >= 4 is 17.4 Å². The first-order chi connectivity index (χ1) is 12.1. The van der Waals surface area contributed by atoms with Crippen LogP contribution in [0.5, 0.6) is 0 Å². The van der Waals surface area contributed by atoms with E-state index in [0.717, 1.165) is 27.9 Å². The summed E-state index contributed by atoms with van der Waals surface area (Å²) in [4.78, 5) is 4.73. The van der Waals surface area contributed by atoms with Crippen LogP contribution < -0.4 is 0 Å². The number of rotatable bonds is 4. The highest BCUT2D eigenvalue weighted by Crippen LogP contribution is 2.25. The molecule has 5 nitrogen and oxygen atoms in total. The van der Waals surface area contributed by atoms with Crippen molar-refractivity contribution in [2.45, 2.75) is 31.7 Å². The molecule has 0 saturated heterocycles. The fourth-order valence-corrected chi connectivity index (χ4v) is 3.78. The van der Waals surface area contributed by atoms with Crippen molar-refractivity contribution < 1.29 is 0 Å². The fraction of sp³-hybridized carbons (Fsp3) is 0.211. The molecule has 6 heteroatoms. The van der Waals surface area contributed by atoms with Crippen LogP contribution in [0.3, 0.4) is 0 Å². The number of benzene rings is 1. The molecule has 0 bridgehead atoms. The molecule has 0 atom stereocenters. The van der Waals surface area contributed by atoms with Crippen molar-refractivity contribution in [1.29, 1.82) is 0 Å². The molecule has 0 spiro atoms. The molecule has 0 radical (unpaired) electrons. The molecular formula is C19H19N5S. The van der Waals surface area contributed by atoms with Crippen molar-refractivity contribution in [1.82, 2.24) is 24.1 Å². The highest BCUT2D eigenvalue weighted by Gasteiger charge is 2.11. The van der Waals surface area contributed by atoms with Gasteiger partial charge in [0.15, 0.2) is 5.16 Å². The second-order valence-electron chi connectivity index (χ2n) is 6.22. The van der Waals surface area contributed by atoms with E-state index in [1.807, 2.05) is 16.8 Å². The Labute approximate surface area is 150 Å². The second kappa shape index (κ2) is 6.37. The topological polar surface area (TPSA) is 48.0 Å². The van der Waals surface area contributed by atoms with Crippen LogP contribution in [-0.4, -0.2) is 24.1 Å². The summed E-state index contributed by atoms with van der Waals surface area (Å²) in [5.74, 6) is 0.755. The lowest BCUT2D eigenvalue weighted by Gasteiger charge is -2.09. The van der Waals surface area contributed by atoms with E-state index in [2.05, 4.69) is 65.8 Å². The summed E-state index contributed by atoms with van der Waals surface area (Å²) >= 11 is 1.65. The van der Waals surface area contributed by atoms with Crippen LogP contribution in [0.25, 0.3) is 11.3 Å².